The predicted octanol–water partition coefficient (Wildman–Crippen LogP) is 3.49. The SMILES string of the molecule is Cc1ccc(OCC(N)c2cc(F)ccc2F)cc1F. The Balaban J connectivity index is 2.06. The first-order valence-electron chi connectivity index (χ1n) is 6.07. The van der Waals surface area contributed by atoms with Crippen molar-refractivity contribution < 1.29 is 17.9 Å². The summed E-state index contributed by atoms with van der Waals surface area (Å²) in [6.45, 7) is 1.55. The van der Waals surface area contributed by atoms with E-state index in [1.165, 1.54) is 6.07 Å². The summed E-state index contributed by atoms with van der Waals surface area (Å²) in [5.74, 6) is -1.27. The third kappa shape index (κ3) is 3.30. The van der Waals surface area contributed by atoms with Crippen LogP contribution in [0, 0.1) is 24.4 Å². The molecule has 2 nitrogen and oxygen atoms in total. The fraction of sp³-hybridized carbons (Fsp3) is 0.200. The zero-order valence-electron chi connectivity index (χ0n) is 10.9. The van der Waals surface area contributed by atoms with Crippen LogP contribution in [0.15, 0.2) is 36.4 Å². The van der Waals surface area contributed by atoms with E-state index in [0.29, 0.717) is 11.3 Å². The molecular weight excluding hydrogens is 267 g/mol. The van der Waals surface area contributed by atoms with Crippen molar-refractivity contribution in [1.82, 2.24) is 0 Å². The van der Waals surface area contributed by atoms with Gasteiger partial charge in [-0.2, -0.15) is 0 Å². The molecule has 0 bridgehead atoms. The summed E-state index contributed by atoms with van der Waals surface area (Å²) in [5, 5.41) is 0. The first-order valence-corrected chi connectivity index (χ1v) is 6.07. The quantitative estimate of drug-likeness (QED) is 0.931. The second kappa shape index (κ2) is 5.96. The van der Waals surface area contributed by atoms with Gasteiger partial charge in [0.25, 0.3) is 0 Å². The maximum Gasteiger partial charge on any atom is 0.129 e. The maximum absolute atomic E-state index is 13.5. The third-order valence-electron chi connectivity index (χ3n) is 2.93. The van der Waals surface area contributed by atoms with E-state index in [0.717, 1.165) is 18.2 Å². The summed E-state index contributed by atoms with van der Waals surface area (Å²) in [4.78, 5) is 0. The van der Waals surface area contributed by atoms with Crippen LogP contribution >= 0.6 is 0 Å². The molecule has 2 aromatic rings. The fourth-order valence-electron chi connectivity index (χ4n) is 1.74. The molecule has 2 aromatic carbocycles. The average molecular weight is 281 g/mol. The molecule has 0 aliphatic heterocycles. The highest BCUT2D eigenvalue weighted by Crippen LogP contribution is 2.20. The van der Waals surface area contributed by atoms with Crippen LogP contribution in [0.5, 0.6) is 5.75 Å². The van der Waals surface area contributed by atoms with Crippen molar-refractivity contribution in [2.45, 2.75) is 13.0 Å². The lowest BCUT2D eigenvalue weighted by Gasteiger charge is -2.14. The molecule has 1 unspecified atom stereocenters. The van der Waals surface area contributed by atoms with Crippen LogP contribution in [-0.4, -0.2) is 6.61 Å². The lowest BCUT2D eigenvalue weighted by Crippen LogP contribution is -2.20. The van der Waals surface area contributed by atoms with Gasteiger partial charge in [0.15, 0.2) is 0 Å². The zero-order valence-corrected chi connectivity index (χ0v) is 10.9. The minimum atomic E-state index is -0.838. The van der Waals surface area contributed by atoms with Gasteiger partial charge in [0.2, 0.25) is 0 Å². The first-order chi connectivity index (χ1) is 9.47. The van der Waals surface area contributed by atoms with Crippen LogP contribution in [0.1, 0.15) is 17.2 Å². The van der Waals surface area contributed by atoms with Crippen molar-refractivity contribution in [2.24, 2.45) is 5.73 Å². The van der Waals surface area contributed by atoms with E-state index in [-0.39, 0.29) is 12.2 Å². The molecule has 5 heteroatoms. The highest BCUT2D eigenvalue weighted by molar-refractivity contribution is 5.28. The van der Waals surface area contributed by atoms with Crippen LogP contribution in [0.25, 0.3) is 0 Å². The molecule has 0 aromatic heterocycles. The van der Waals surface area contributed by atoms with Crippen molar-refractivity contribution >= 4 is 0 Å². The monoisotopic (exact) mass is 281 g/mol. The minimum Gasteiger partial charge on any atom is -0.492 e. The van der Waals surface area contributed by atoms with Crippen molar-refractivity contribution in [3.8, 4) is 5.75 Å². The Morgan fingerprint density at radius 1 is 1.05 bits per heavy atom. The Morgan fingerprint density at radius 2 is 1.80 bits per heavy atom. The fourth-order valence-corrected chi connectivity index (χ4v) is 1.74. The van der Waals surface area contributed by atoms with Crippen molar-refractivity contribution in [2.75, 3.05) is 6.61 Å². The number of hydrogen-bond donors (Lipinski definition) is 1. The van der Waals surface area contributed by atoms with Crippen molar-refractivity contribution in [1.29, 1.82) is 0 Å². The molecule has 0 fully saturated rings. The van der Waals surface area contributed by atoms with Crippen LogP contribution in [0.3, 0.4) is 0 Å². The predicted molar refractivity (Wildman–Crippen MR) is 69.9 cm³/mol. The van der Waals surface area contributed by atoms with Crippen LogP contribution in [0.4, 0.5) is 13.2 Å². The van der Waals surface area contributed by atoms with Gasteiger partial charge in [-0.25, -0.2) is 13.2 Å². The molecule has 0 aliphatic rings. The van der Waals surface area contributed by atoms with Gasteiger partial charge in [0, 0.05) is 11.6 Å². The highest BCUT2D eigenvalue weighted by atomic mass is 19.1. The van der Waals surface area contributed by atoms with E-state index in [9.17, 15) is 13.2 Å². The van der Waals surface area contributed by atoms with E-state index in [1.54, 1.807) is 19.1 Å². The number of ether oxygens (including phenoxy) is 1. The summed E-state index contributed by atoms with van der Waals surface area (Å²) in [6.07, 6.45) is 0. The van der Waals surface area contributed by atoms with Crippen LogP contribution in [-0.2, 0) is 0 Å². The van der Waals surface area contributed by atoms with Gasteiger partial charge in [-0.05, 0) is 36.8 Å². The zero-order chi connectivity index (χ0) is 14.7. The third-order valence-corrected chi connectivity index (χ3v) is 2.93. The molecular formula is C15H14F3NO. The van der Waals surface area contributed by atoms with Gasteiger partial charge < -0.3 is 10.5 Å². The smallest absolute Gasteiger partial charge is 0.129 e. The molecule has 0 amide bonds. The largest absolute Gasteiger partial charge is 0.492 e. The number of nitrogens with two attached hydrogens (primary N) is 1. The topological polar surface area (TPSA) is 35.2 Å². The Kier molecular flexibility index (Phi) is 4.29. The second-order valence-electron chi connectivity index (χ2n) is 4.49. The average Bonchev–Trinajstić information content (AvgIpc) is 2.42. The summed E-state index contributed by atoms with van der Waals surface area (Å²) >= 11 is 0. The maximum atomic E-state index is 13.5. The number of rotatable bonds is 4. The molecule has 106 valence electrons. The number of halogens is 3. The highest BCUT2D eigenvalue weighted by Gasteiger charge is 2.13. The molecule has 1 atom stereocenters. The normalized spacial score (nSPS) is 12.2. The Morgan fingerprint density at radius 3 is 2.50 bits per heavy atom. The van der Waals surface area contributed by atoms with E-state index in [4.69, 9.17) is 10.5 Å². The lowest BCUT2D eigenvalue weighted by molar-refractivity contribution is 0.286. The molecule has 0 radical (unpaired) electrons. The molecule has 20 heavy (non-hydrogen) atoms. The number of benzene rings is 2. The van der Waals surface area contributed by atoms with E-state index in [1.807, 2.05) is 0 Å². The summed E-state index contributed by atoms with van der Waals surface area (Å²) in [5.41, 5.74) is 6.28. The second-order valence-corrected chi connectivity index (χ2v) is 4.49. The van der Waals surface area contributed by atoms with Crippen molar-refractivity contribution in [3.63, 3.8) is 0 Å². The summed E-state index contributed by atoms with van der Waals surface area (Å²) in [7, 11) is 0. The van der Waals surface area contributed by atoms with Crippen LogP contribution < -0.4 is 10.5 Å². The van der Waals surface area contributed by atoms with Crippen molar-refractivity contribution in [3.05, 3.63) is 65.0 Å². The molecule has 0 saturated carbocycles. The van der Waals surface area contributed by atoms with Gasteiger partial charge in [0.05, 0.1) is 6.04 Å². The molecule has 0 saturated heterocycles. The van der Waals surface area contributed by atoms with E-state index >= 15 is 0 Å². The lowest BCUT2D eigenvalue weighted by atomic mass is 10.1. The number of aryl methyl sites for hydroxylation is 1. The Labute approximate surface area is 115 Å². The van der Waals surface area contributed by atoms with Gasteiger partial charge in [0.1, 0.15) is 29.8 Å². The summed E-state index contributed by atoms with van der Waals surface area (Å²) in [6, 6.07) is 6.60. The first kappa shape index (κ1) is 14.4. The molecule has 0 aliphatic carbocycles. The molecule has 2 rings (SSSR count). The Hall–Kier alpha value is -2.01. The number of hydrogen-bond acceptors (Lipinski definition) is 2. The Bertz CT molecular complexity index is 616. The molecule has 0 spiro atoms. The van der Waals surface area contributed by atoms with Gasteiger partial charge >= 0.3 is 0 Å². The van der Waals surface area contributed by atoms with Gasteiger partial charge in [-0.15, -0.1) is 0 Å². The van der Waals surface area contributed by atoms with Crippen LogP contribution in [0.2, 0.25) is 0 Å². The molecule has 0 heterocycles. The minimum absolute atomic E-state index is 0.0255. The standard InChI is InChI=1S/C15H14F3NO/c1-9-2-4-11(7-14(9)18)20-8-15(19)12-6-10(16)3-5-13(12)17/h2-7,15H,8,19H2,1H3. The van der Waals surface area contributed by atoms with E-state index < -0.39 is 23.5 Å². The summed E-state index contributed by atoms with van der Waals surface area (Å²) < 4.78 is 45.2. The van der Waals surface area contributed by atoms with Gasteiger partial charge in [-0.1, -0.05) is 6.07 Å². The van der Waals surface area contributed by atoms with Gasteiger partial charge in [-0.3, -0.25) is 0 Å². The van der Waals surface area contributed by atoms with E-state index in [2.05, 4.69) is 0 Å². The molecule has 2 N–H and O–H groups in total.